The lowest BCUT2D eigenvalue weighted by Crippen LogP contribution is -1.93. The summed E-state index contributed by atoms with van der Waals surface area (Å²) in [5, 5.41) is 17.6. The fraction of sp³-hybridized carbons (Fsp3) is 0. The van der Waals surface area contributed by atoms with E-state index in [1.807, 2.05) is 0 Å². The van der Waals surface area contributed by atoms with Crippen LogP contribution in [0.1, 0.15) is 0 Å². The van der Waals surface area contributed by atoms with Gasteiger partial charge in [-0.3, -0.25) is 0 Å². The molecule has 0 aromatic heterocycles. The molecule has 13 rings (SSSR count). The third-order valence-electron chi connectivity index (χ3n) is 13.8. The van der Waals surface area contributed by atoms with E-state index in [9.17, 15) is 0 Å². The van der Waals surface area contributed by atoms with Crippen molar-refractivity contribution in [2.24, 2.45) is 0 Å². The van der Waals surface area contributed by atoms with Crippen LogP contribution in [-0.4, -0.2) is 0 Å². The Bertz CT molecular complexity index is 4130. The Labute approximate surface area is 383 Å². The van der Waals surface area contributed by atoms with Crippen LogP contribution in [0.2, 0.25) is 0 Å². The van der Waals surface area contributed by atoms with Gasteiger partial charge in [0.15, 0.2) is 0 Å². The van der Waals surface area contributed by atoms with Gasteiger partial charge >= 0.3 is 0 Å². The van der Waals surface area contributed by atoms with E-state index in [0.29, 0.717) is 0 Å². The summed E-state index contributed by atoms with van der Waals surface area (Å²) in [6.45, 7) is 0. The van der Waals surface area contributed by atoms with Crippen LogP contribution in [-0.2, 0) is 0 Å². The van der Waals surface area contributed by atoms with Crippen LogP contribution in [0.5, 0.6) is 0 Å². The average Bonchev–Trinajstić information content (AvgIpc) is 3.40. The van der Waals surface area contributed by atoms with E-state index in [-0.39, 0.29) is 0 Å². The third kappa shape index (κ3) is 6.15. The summed E-state index contributed by atoms with van der Waals surface area (Å²) < 4.78 is 0. The van der Waals surface area contributed by atoms with E-state index in [0.717, 1.165) is 0 Å². The normalized spacial score (nSPS) is 11.6. The van der Waals surface area contributed by atoms with E-state index >= 15 is 0 Å². The lowest BCUT2D eigenvalue weighted by Gasteiger charge is -2.19. The third-order valence-corrected chi connectivity index (χ3v) is 13.8. The van der Waals surface area contributed by atoms with Crippen LogP contribution < -0.4 is 0 Å². The van der Waals surface area contributed by atoms with E-state index in [4.69, 9.17) is 0 Å². The number of hydrogen-bond acceptors (Lipinski definition) is 0. The molecule has 2 aliphatic rings. The molecule has 0 radical (unpaired) electrons. The van der Waals surface area contributed by atoms with E-state index in [1.165, 1.54) is 131 Å². The smallest absolute Gasteiger partial charge is 0.00139 e. The molecule has 0 saturated heterocycles. The van der Waals surface area contributed by atoms with E-state index < -0.39 is 0 Å². The molecule has 11 aromatic carbocycles. The summed E-state index contributed by atoms with van der Waals surface area (Å²) in [6.07, 6.45) is 0. The number of rotatable bonds is 5. The van der Waals surface area contributed by atoms with Gasteiger partial charge in [0, 0.05) is 0 Å². The van der Waals surface area contributed by atoms with Crippen LogP contribution in [0.3, 0.4) is 0 Å². The maximum absolute atomic E-state index is 2.44. The van der Waals surface area contributed by atoms with Gasteiger partial charge in [-0.15, -0.1) is 0 Å². The molecule has 0 heteroatoms. The average molecular weight is 835 g/mol. The highest BCUT2D eigenvalue weighted by Crippen LogP contribution is 2.44. The molecule has 0 bridgehead atoms. The topological polar surface area (TPSA) is 0 Å². The first-order chi connectivity index (χ1) is 32.8. The Morgan fingerprint density at radius 3 is 0.833 bits per heavy atom. The van der Waals surface area contributed by atoms with E-state index in [2.05, 4.69) is 255 Å². The minimum atomic E-state index is 1.18. The lowest BCUT2D eigenvalue weighted by molar-refractivity contribution is 1.54. The van der Waals surface area contributed by atoms with Crippen LogP contribution in [0.15, 0.2) is 255 Å². The highest BCUT2D eigenvalue weighted by molar-refractivity contribution is 6.21. The van der Waals surface area contributed by atoms with Crippen LogP contribution in [0.25, 0.3) is 120 Å². The van der Waals surface area contributed by atoms with Crippen molar-refractivity contribution in [3.05, 3.63) is 265 Å². The highest BCUT2D eigenvalue weighted by Gasteiger charge is 2.18. The Balaban J connectivity index is 1.11. The van der Waals surface area contributed by atoms with Gasteiger partial charge < -0.3 is 0 Å². The largest absolute Gasteiger partial charge is 0.0622 e. The Hall–Kier alpha value is -8.58. The minimum absolute atomic E-state index is 1.18. The van der Waals surface area contributed by atoms with Gasteiger partial charge in [-0.1, -0.05) is 231 Å². The molecule has 0 aliphatic heterocycles. The zero-order valence-corrected chi connectivity index (χ0v) is 36.2. The number of hydrogen-bond donors (Lipinski definition) is 0. The molecule has 0 unspecified atom stereocenters. The summed E-state index contributed by atoms with van der Waals surface area (Å²) in [5.74, 6) is 0. The highest BCUT2D eigenvalue weighted by atomic mass is 14.2. The molecule has 0 amide bonds. The molecule has 66 heavy (non-hydrogen) atoms. The van der Waals surface area contributed by atoms with Crippen molar-refractivity contribution in [2.75, 3.05) is 0 Å². The van der Waals surface area contributed by atoms with Gasteiger partial charge in [0.05, 0.1) is 0 Å². The Morgan fingerprint density at radius 2 is 0.409 bits per heavy atom. The number of benzene rings is 11. The van der Waals surface area contributed by atoms with Crippen molar-refractivity contribution >= 4 is 64.6 Å². The molecule has 0 nitrogen and oxygen atoms in total. The Morgan fingerprint density at radius 1 is 0.136 bits per heavy atom. The van der Waals surface area contributed by atoms with Crippen molar-refractivity contribution in [1.29, 1.82) is 0 Å². The maximum Gasteiger partial charge on any atom is -0.00139 e. The maximum atomic E-state index is 2.44. The quantitative estimate of drug-likeness (QED) is 0.162. The molecule has 0 N–H and O–H groups in total. The second-order valence-corrected chi connectivity index (χ2v) is 17.5. The first-order valence-corrected chi connectivity index (χ1v) is 22.9. The summed E-state index contributed by atoms with van der Waals surface area (Å²) in [4.78, 5) is 0. The molecule has 11 aromatic rings. The fourth-order valence-corrected chi connectivity index (χ4v) is 10.9. The standard InChI is InChI=1S/C66H42/c1-4-19-43(20-5-1)60-41-62(45-23-8-3-9-24-45)63(42-61(60)44-21-6-2-7-22-44)48-26-16-25-46(39-48)47-37-38-55-59-36-18-34-57-52-30-13-11-28-50(52)49-27-10-12-29-51(49)56-33-17-35-58(65(56)66(57)59)53-31-14-15-32-54(53)64(55)40-47/h1-42H. The molecule has 2 aliphatic carbocycles. The molecule has 0 fully saturated rings. The first-order valence-electron chi connectivity index (χ1n) is 22.9. The van der Waals surface area contributed by atoms with E-state index in [1.54, 1.807) is 0 Å². The minimum Gasteiger partial charge on any atom is -0.0622 e. The summed E-state index contributed by atoms with van der Waals surface area (Å²) >= 11 is 0. The van der Waals surface area contributed by atoms with Gasteiger partial charge in [0.2, 0.25) is 0 Å². The van der Waals surface area contributed by atoms with Crippen molar-refractivity contribution in [3.63, 3.8) is 0 Å². The second-order valence-electron chi connectivity index (χ2n) is 17.5. The molecular weight excluding hydrogens is 793 g/mol. The summed E-state index contributed by atoms with van der Waals surface area (Å²) in [5.41, 5.74) is 12.0. The van der Waals surface area contributed by atoms with Crippen LogP contribution >= 0.6 is 0 Å². The Kier molecular flexibility index (Phi) is 8.96. The predicted molar refractivity (Wildman–Crippen MR) is 283 cm³/mol. The summed E-state index contributed by atoms with van der Waals surface area (Å²) in [7, 11) is 0. The molecule has 0 saturated carbocycles. The van der Waals surface area contributed by atoms with Gasteiger partial charge in [-0.05, 0) is 155 Å². The second kappa shape index (κ2) is 15.6. The van der Waals surface area contributed by atoms with Crippen LogP contribution in [0.4, 0.5) is 0 Å². The molecule has 0 heterocycles. The van der Waals surface area contributed by atoms with Gasteiger partial charge in [0.25, 0.3) is 0 Å². The zero-order chi connectivity index (χ0) is 43.6. The number of fused-ring (bicyclic) bond motifs is 10. The molecule has 0 atom stereocenters. The molecular formula is C66H42. The fourth-order valence-electron chi connectivity index (χ4n) is 10.9. The van der Waals surface area contributed by atoms with Gasteiger partial charge in [-0.25, -0.2) is 0 Å². The molecule has 306 valence electrons. The first kappa shape index (κ1) is 37.9. The van der Waals surface area contributed by atoms with Crippen molar-refractivity contribution < 1.29 is 0 Å². The van der Waals surface area contributed by atoms with Gasteiger partial charge in [-0.2, -0.15) is 0 Å². The SMILES string of the molecule is c1ccc(-c2cc(-c3ccccc3)c(-c3cccc(-c4ccc5c6cccc7c6=c6c(cccc6c6ccccc6c5c4)c4ccccc4c4ccccc74)c3)cc2-c2ccccc2)cc1. The lowest BCUT2D eigenvalue weighted by atomic mass is 9.85. The summed E-state index contributed by atoms with van der Waals surface area (Å²) in [6, 6.07) is 94.4. The van der Waals surface area contributed by atoms with Crippen molar-refractivity contribution in [3.8, 4) is 55.6 Å². The predicted octanol–water partition coefficient (Wildman–Crippen LogP) is 18.2. The van der Waals surface area contributed by atoms with Gasteiger partial charge in [0.1, 0.15) is 0 Å². The zero-order valence-electron chi connectivity index (χ0n) is 36.2. The van der Waals surface area contributed by atoms with Crippen molar-refractivity contribution in [1.82, 2.24) is 0 Å². The molecule has 0 spiro atoms. The van der Waals surface area contributed by atoms with Crippen LogP contribution in [0, 0.1) is 10.4 Å². The monoisotopic (exact) mass is 834 g/mol. The van der Waals surface area contributed by atoms with Crippen molar-refractivity contribution in [2.45, 2.75) is 0 Å².